The number of aryl methyl sites for hydroxylation is 1. The topological polar surface area (TPSA) is 85.3 Å². The minimum atomic E-state index is -0.457. The summed E-state index contributed by atoms with van der Waals surface area (Å²) >= 11 is 1.15. The molecule has 3 N–H and O–H groups in total. The molecule has 0 spiro atoms. The third kappa shape index (κ3) is 3.79. The quantitative estimate of drug-likeness (QED) is 0.853. The van der Waals surface area contributed by atoms with Gasteiger partial charge >= 0.3 is 0 Å². The molecule has 0 unspecified atom stereocenters. The lowest BCUT2D eigenvalue weighted by atomic mass is 10.1. The van der Waals surface area contributed by atoms with Crippen LogP contribution in [0.25, 0.3) is 11.0 Å². The van der Waals surface area contributed by atoms with Gasteiger partial charge in [-0.1, -0.05) is 0 Å². The van der Waals surface area contributed by atoms with Crippen molar-refractivity contribution in [1.29, 1.82) is 0 Å². The molecule has 0 saturated carbocycles. The van der Waals surface area contributed by atoms with Gasteiger partial charge in [0.2, 0.25) is 11.8 Å². The normalized spacial score (nSPS) is 12.3. The number of benzene rings is 1. The number of thioether (sulfide) groups is 1. The van der Waals surface area contributed by atoms with Gasteiger partial charge in [-0.2, -0.15) is 0 Å². The Morgan fingerprint density at radius 3 is 2.82 bits per heavy atom. The van der Waals surface area contributed by atoms with Crippen molar-refractivity contribution in [2.24, 2.45) is 5.73 Å². The summed E-state index contributed by atoms with van der Waals surface area (Å²) in [6.07, 6.45) is 0. The number of nitrogens with two attached hydrogens (primary N) is 1. The van der Waals surface area contributed by atoms with E-state index in [1.54, 1.807) is 13.0 Å². The van der Waals surface area contributed by atoms with Crippen molar-refractivity contribution in [3.63, 3.8) is 0 Å². The summed E-state index contributed by atoms with van der Waals surface area (Å²) < 4.78 is 19.0. The smallest absolute Gasteiger partial charge is 0.230 e. The molecule has 2 rings (SSSR count). The number of hydrogen-bond acceptors (Lipinski definition) is 4. The number of rotatable bonds is 6. The van der Waals surface area contributed by atoms with Crippen LogP contribution in [0.4, 0.5) is 4.39 Å². The molecular weight excluding hydrogens is 307 g/mol. The maximum Gasteiger partial charge on any atom is 0.230 e. The Balaban J connectivity index is 2.06. The van der Waals surface area contributed by atoms with Crippen LogP contribution in [-0.4, -0.2) is 23.3 Å². The Labute approximate surface area is 131 Å². The van der Waals surface area contributed by atoms with Gasteiger partial charge in [0.1, 0.15) is 17.2 Å². The molecule has 2 aromatic rings. The first-order chi connectivity index (χ1) is 10.4. The number of primary amides is 1. The fourth-order valence-corrected chi connectivity index (χ4v) is 2.79. The Kier molecular flexibility index (Phi) is 5.07. The molecule has 0 aliphatic rings. The van der Waals surface area contributed by atoms with Crippen LogP contribution in [0.15, 0.2) is 22.6 Å². The molecule has 1 atom stereocenters. The van der Waals surface area contributed by atoms with Gasteiger partial charge in [-0.25, -0.2) is 4.39 Å². The minimum Gasteiger partial charge on any atom is -0.459 e. The van der Waals surface area contributed by atoms with E-state index < -0.39 is 5.91 Å². The molecule has 118 valence electrons. The average Bonchev–Trinajstić information content (AvgIpc) is 2.75. The van der Waals surface area contributed by atoms with Gasteiger partial charge in [0, 0.05) is 10.9 Å². The van der Waals surface area contributed by atoms with E-state index >= 15 is 0 Å². The summed E-state index contributed by atoms with van der Waals surface area (Å²) in [5.41, 5.74) is 6.39. The highest BCUT2D eigenvalue weighted by Gasteiger charge is 2.18. The minimum absolute atomic E-state index is 0.102. The van der Waals surface area contributed by atoms with E-state index in [1.165, 1.54) is 12.1 Å². The lowest BCUT2D eigenvalue weighted by molar-refractivity contribution is -0.119. The molecular formula is C15H17FN2O3S. The first-order valence-corrected chi connectivity index (χ1v) is 7.88. The Morgan fingerprint density at radius 1 is 1.41 bits per heavy atom. The van der Waals surface area contributed by atoms with Gasteiger partial charge in [-0.05, 0) is 32.0 Å². The molecule has 0 radical (unpaired) electrons. The largest absolute Gasteiger partial charge is 0.459 e. The van der Waals surface area contributed by atoms with Crippen molar-refractivity contribution in [3.05, 3.63) is 35.3 Å². The lowest BCUT2D eigenvalue weighted by Crippen LogP contribution is -2.29. The van der Waals surface area contributed by atoms with Crippen LogP contribution in [0.5, 0.6) is 0 Å². The first-order valence-electron chi connectivity index (χ1n) is 6.72. The van der Waals surface area contributed by atoms with Crippen LogP contribution in [0, 0.1) is 12.7 Å². The third-order valence-electron chi connectivity index (χ3n) is 3.18. The molecule has 1 heterocycles. The Bertz CT molecular complexity index is 714. The number of halogens is 1. The molecule has 0 fully saturated rings. The Morgan fingerprint density at radius 2 is 2.14 bits per heavy atom. The number of furan rings is 1. The van der Waals surface area contributed by atoms with E-state index in [0.29, 0.717) is 16.7 Å². The van der Waals surface area contributed by atoms with Crippen LogP contribution >= 0.6 is 11.8 Å². The van der Waals surface area contributed by atoms with Gasteiger partial charge in [0.15, 0.2) is 0 Å². The van der Waals surface area contributed by atoms with Crippen LogP contribution in [0.2, 0.25) is 0 Å². The van der Waals surface area contributed by atoms with Gasteiger partial charge in [0.05, 0.1) is 17.5 Å². The van der Waals surface area contributed by atoms with E-state index in [0.717, 1.165) is 17.3 Å². The predicted molar refractivity (Wildman–Crippen MR) is 84.0 cm³/mol. The number of hydrogen-bond donors (Lipinski definition) is 2. The number of carbonyl (C=O) groups is 2. The van der Waals surface area contributed by atoms with Crippen LogP contribution in [-0.2, 0) is 9.59 Å². The van der Waals surface area contributed by atoms with Crippen LogP contribution in [0.3, 0.4) is 0 Å². The number of carbonyl (C=O) groups excluding carboxylic acids is 2. The summed E-state index contributed by atoms with van der Waals surface area (Å²) in [5, 5.41) is 3.48. The average molecular weight is 324 g/mol. The second-order valence-corrected chi connectivity index (χ2v) is 5.97. The van der Waals surface area contributed by atoms with Gasteiger partial charge in [-0.15, -0.1) is 11.8 Å². The summed E-state index contributed by atoms with van der Waals surface area (Å²) in [7, 11) is 0. The van der Waals surface area contributed by atoms with E-state index in [1.807, 2.05) is 6.92 Å². The van der Waals surface area contributed by atoms with Crippen LogP contribution in [0.1, 0.15) is 24.3 Å². The molecule has 0 saturated heterocycles. The summed E-state index contributed by atoms with van der Waals surface area (Å²) in [5.74, 6) is -0.173. The predicted octanol–water partition coefficient (Wildman–Crippen LogP) is 2.28. The molecule has 2 amide bonds. The zero-order chi connectivity index (χ0) is 16.3. The number of fused-ring (bicyclic) bond motifs is 1. The monoisotopic (exact) mass is 324 g/mol. The number of nitrogens with one attached hydrogen (secondary N) is 1. The van der Waals surface area contributed by atoms with Gasteiger partial charge < -0.3 is 15.5 Å². The SMILES string of the molecule is Cc1c([C@H](C)NC(=O)CSCC(N)=O)oc2ccc(F)cc12. The highest BCUT2D eigenvalue weighted by molar-refractivity contribution is 8.00. The van der Waals surface area contributed by atoms with Crippen molar-refractivity contribution in [2.75, 3.05) is 11.5 Å². The summed E-state index contributed by atoms with van der Waals surface area (Å²) in [6.45, 7) is 3.61. The standard InChI is InChI=1S/C15H17FN2O3S/c1-8-11-5-10(16)3-4-12(11)21-15(8)9(2)18-14(20)7-22-6-13(17)19/h3-5,9H,6-7H2,1-2H3,(H2,17,19)(H,18,20)/t9-/m0/s1. The van der Waals surface area contributed by atoms with E-state index in [-0.39, 0.29) is 29.3 Å². The molecule has 22 heavy (non-hydrogen) atoms. The third-order valence-corrected chi connectivity index (χ3v) is 4.14. The lowest BCUT2D eigenvalue weighted by Gasteiger charge is -2.12. The summed E-state index contributed by atoms with van der Waals surface area (Å²) in [6, 6.07) is 3.96. The molecule has 0 aliphatic heterocycles. The molecule has 1 aromatic carbocycles. The molecule has 5 nitrogen and oxygen atoms in total. The fourth-order valence-electron chi connectivity index (χ4n) is 2.22. The summed E-state index contributed by atoms with van der Waals surface area (Å²) in [4.78, 5) is 22.4. The highest BCUT2D eigenvalue weighted by atomic mass is 32.2. The maximum absolute atomic E-state index is 13.3. The molecule has 1 aromatic heterocycles. The van der Waals surface area contributed by atoms with E-state index in [2.05, 4.69) is 5.32 Å². The van der Waals surface area contributed by atoms with Gasteiger partial charge in [0.25, 0.3) is 0 Å². The van der Waals surface area contributed by atoms with Crippen molar-refractivity contribution < 1.29 is 18.4 Å². The van der Waals surface area contributed by atoms with Crippen molar-refractivity contribution >= 4 is 34.5 Å². The molecule has 0 bridgehead atoms. The second kappa shape index (κ2) is 6.83. The van der Waals surface area contributed by atoms with E-state index in [4.69, 9.17) is 10.2 Å². The van der Waals surface area contributed by atoms with Crippen LogP contribution < -0.4 is 11.1 Å². The zero-order valence-corrected chi connectivity index (χ0v) is 13.1. The van der Waals surface area contributed by atoms with Gasteiger partial charge in [-0.3, -0.25) is 9.59 Å². The van der Waals surface area contributed by atoms with Crippen molar-refractivity contribution in [1.82, 2.24) is 5.32 Å². The Hall–Kier alpha value is -2.02. The molecule has 0 aliphatic carbocycles. The van der Waals surface area contributed by atoms with Crippen molar-refractivity contribution in [2.45, 2.75) is 19.9 Å². The van der Waals surface area contributed by atoms with E-state index in [9.17, 15) is 14.0 Å². The zero-order valence-electron chi connectivity index (χ0n) is 12.3. The second-order valence-electron chi connectivity index (χ2n) is 4.98. The molecule has 7 heteroatoms. The van der Waals surface area contributed by atoms with Crippen molar-refractivity contribution in [3.8, 4) is 0 Å². The number of amides is 2. The highest BCUT2D eigenvalue weighted by Crippen LogP contribution is 2.29. The maximum atomic E-state index is 13.3. The first kappa shape index (κ1) is 16.4. The fraction of sp³-hybridized carbons (Fsp3) is 0.333.